The SMILES string of the molecule is CNC(=O)/C=C/C(=O)OC[C@H]1O[C@@H](n2cc(C)c(=O)[nH]c2=O)C[C@@H]1N=[N+]=[N-]. The number of aromatic amines is 1. The third-order valence-corrected chi connectivity index (χ3v) is 3.87. The molecule has 1 fully saturated rings. The fourth-order valence-electron chi connectivity index (χ4n) is 2.46. The van der Waals surface area contributed by atoms with Crippen LogP contribution in [-0.4, -0.2) is 47.2 Å². The van der Waals surface area contributed by atoms with E-state index in [4.69, 9.17) is 15.0 Å². The molecule has 144 valence electrons. The van der Waals surface area contributed by atoms with Crippen LogP contribution >= 0.6 is 0 Å². The number of hydrogen-bond acceptors (Lipinski definition) is 7. The minimum Gasteiger partial charge on any atom is -0.460 e. The first kappa shape index (κ1) is 19.9. The second kappa shape index (κ2) is 8.83. The highest BCUT2D eigenvalue weighted by molar-refractivity contribution is 5.94. The highest BCUT2D eigenvalue weighted by Crippen LogP contribution is 2.30. The first-order valence-electron chi connectivity index (χ1n) is 7.94. The molecular formula is C15H18N6O6. The van der Waals surface area contributed by atoms with Gasteiger partial charge in [-0.05, 0) is 12.5 Å². The number of aromatic nitrogens is 2. The molecule has 2 heterocycles. The van der Waals surface area contributed by atoms with Gasteiger partial charge in [0.2, 0.25) is 5.91 Å². The highest BCUT2D eigenvalue weighted by atomic mass is 16.6. The van der Waals surface area contributed by atoms with Crippen molar-refractivity contribution in [3.8, 4) is 0 Å². The number of aryl methyl sites for hydroxylation is 1. The van der Waals surface area contributed by atoms with E-state index in [1.54, 1.807) is 0 Å². The zero-order valence-corrected chi connectivity index (χ0v) is 14.6. The lowest BCUT2D eigenvalue weighted by Gasteiger charge is -2.16. The Labute approximate surface area is 152 Å². The molecule has 1 aliphatic heterocycles. The van der Waals surface area contributed by atoms with E-state index >= 15 is 0 Å². The Morgan fingerprint density at radius 2 is 2.26 bits per heavy atom. The Morgan fingerprint density at radius 3 is 2.93 bits per heavy atom. The van der Waals surface area contributed by atoms with Crippen LogP contribution in [0.1, 0.15) is 18.2 Å². The number of likely N-dealkylation sites (N-methyl/N-ethyl adjacent to an activating group) is 1. The third kappa shape index (κ3) is 5.06. The van der Waals surface area contributed by atoms with Crippen molar-refractivity contribution in [3.63, 3.8) is 0 Å². The van der Waals surface area contributed by atoms with Crippen LogP contribution in [0.15, 0.2) is 33.1 Å². The van der Waals surface area contributed by atoms with E-state index in [1.807, 2.05) is 0 Å². The van der Waals surface area contributed by atoms with Crippen LogP contribution in [0.2, 0.25) is 0 Å². The lowest BCUT2D eigenvalue weighted by Crippen LogP contribution is -2.33. The largest absolute Gasteiger partial charge is 0.460 e. The lowest BCUT2D eigenvalue weighted by atomic mass is 10.1. The number of amides is 1. The van der Waals surface area contributed by atoms with Gasteiger partial charge in [0.05, 0.1) is 6.04 Å². The van der Waals surface area contributed by atoms with Crippen LogP contribution < -0.4 is 16.6 Å². The average Bonchev–Trinajstić information content (AvgIpc) is 3.03. The number of carbonyl (C=O) groups excluding carboxylic acids is 2. The number of carbonyl (C=O) groups is 2. The summed E-state index contributed by atoms with van der Waals surface area (Å²) in [5.41, 5.74) is 7.85. The van der Waals surface area contributed by atoms with Gasteiger partial charge in [0.15, 0.2) is 0 Å². The molecule has 1 aromatic rings. The number of nitrogens with one attached hydrogen (secondary N) is 2. The fourth-order valence-corrected chi connectivity index (χ4v) is 2.46. The van der Waals surface area contributed by atoms with Crippen molar-refractivity contribution in [1.82, 2.24) is 14.9 Å². The van der Waals surface area contributed by atoms with Crippen molar-refractivity contribution >= 4 is 11.9 Å². The molecule has 1 aliphatic rings. The van der Waals surface area contributed by atoms with Crippen LogP contribution in [0.3, 0.4) is 0 Å². The van der Waals surface area contributed by atoms with E-state index in [-0.39, 0.29) is 13.0 Å². The van der Waals surface area contributed by atoms with E-state index in [2.05, 4.69) is 20.3 Å². The molecule has 1 saturated heterocycles. The number of hydrogen-bond donors (Lipinski definition) is 2. The summed E-state index contributed by atoms with van der Waals surface area (Å²) in [6, 6.07) is -0.685. The summed E-state index contributed by atoms with van der Waals surface area (Å²) in [6.45, 7) is 1.29. The zero-order chi connectivity index (χ0) is 20.0. The number of azide groups is 1. The molecule has 1 aromatic heterocycles. The molecule has 1 amide bonds. The Hall–Kier alpha value is -3.37. The van der Waals surface area contributed by atoms with Crippen molar-refractivity contribution in [2.75, 3.05) is 13.7 Å². The average molecular weight is 378 g/mol. The Bertz CT molecular complexity index is 912. The van der Waals surface area contributed by atoms with Gasteiger partial charge in [0, 0.05) is 42.3 Å². The van der Waals surface area contributed by atoms with Gasteiger partial charge in [-0.3, -0.25) is 19.1 Å². The maximum Gasteiger partial charge on any atom is 0.331 e. The summed E-state index contributed by atoms with van der Waals surface area (Å²) >= 11 is 0. The van der Waals surface area contributed by atoms with Gasteiger partial charge in [0.1, 0.15) is 18.9 Å². The lowest BCUT2D eigenvalue weighted by molar-refractivity contribution is -0.143. The van der Waals surface area contributed by atoms with E-state index in [0.29, 0.717) is 5.56 Å². The molecule has 2 N–H and O–H groups in total. The highest BCUT2D eigenvalue weighted by Gasteiger charge is 2.37. The van der Waals surface area contributed by atoms with Crippen LogP contribution in [0.25, 0.3) is 10.4 Å². The predicted molar refractivity (Wildman–Crippen MR) is 91.7 cm³/mol. The van der Waals surface area contributed by atoms with Gasteiger partial charge in [-0.25, -0.2) is 9.59 Å². The molecule has 0 aromatic carbocycles. The Balaban J connectivity index is 2.10. The van der Waals surface area contributed by atoms with Gasteiger partial charge in [-0.15, -0.1) is 0 Å². The third-order valence-electron chi connectivity index (χ3n) is 3.87. The predicted octanol–water partition coefficient (Wildman–Crippen LogP) is -0.343. The quantitative estimate of drug-likeness (QED) is 0.225. The molecule has 3 atom stereocenters. The van der Waals surface area contributed by atoms with Crippen molar-refractivity contribution in [1.29, 1.82) is 0 Å². The molecule has 0 spiro atoms. The normalized spacial score (nSPS) is 21.6. The van der Waals surface area contributed by atoms with Gasteiger partial charge < -0.3 is 14.8 Å². The first-order valence-corrected chi connectivity index (χ1v) is 7.94. The van der Waals surface area contributed by atoms with E-state index < -0.39 is 41.5 Å². The number of ether oxygens (including phenoxy) is 2. The summed E-state index contributed by atoms with van der Waals surface area (Å²) in [6.07, 6.45) is 1.87. The molecular weight excluding hydrogens is 360 g/mol. The number of H-pyrrole nitrogens is 1. The van der Waals surface area contributed by atoms with Crippen LogP contribution in [0.5, 0.6) is 0 Å². The summed E-state index contributed by atoms with van der Waals surface area (Å²) < 4.78 is 11.9. The van der Waals surface area contributed by atoms with Crippen molar-refractivity contribution < 1.29 is 19.1 Å². The monoisotopic (exact) mass is 378 g/mol. The minimum atomic E-state index is -0.798. The summed E-state index contributed by atoms with van der Waals surface area (Å²) in [7, 11) is 1.41. The molecule has 0 bridgehead atoms. The Morgan fingerprint density at radius 1 is 1.52 bits per heavy atom. The fraction of sp³-hybridized carbons (Fsp3) is 0.467. The van der Waals surface area contributed by atoms with Gasteiger partial charge >= 0.3 is 11.7 Å². The minimum absolute atomic E-state index is 0.158. The van der Waals surface area contributed by atoms with E-state index in [0.717, 1.165) is 12.2 Å². The van der Waals surface area contributed by atoms with Crippen molar-refractivity contribution in [3.05, 3.63) is 55.2 Å². The molecule has 0 radical (unpaired) electrons. The summed E-state index contributed by atoms with van der Waals surface area (Å²) in [5.74, 6) is -1.24. The maximum atomic E-state index is 12.0. The smallest absolute Gasteiger partial charge is 0.331 e. The second-order valence-electron chi connectivity index (χ2n) is 5.69. The molecule has 0 aliphatic carbocycles. The summed E-state index contributed by atoms with van der Waals surface area (Å²) in [5, 5.41) is 5.92. The number of nitrogens with zero attached hydrogens (tertiary/aromatic N) is 4. The Kier molecular flexibility index (Phi) is 6.52. The molecule has 12 heteroatoms. The topological polar surface area (TPSA) is 168 Å². The van der Waals surface area contributed by atoms with Crippen LogP contribution in [0, 0.1) is 6.92 Å². The standard InChI is InChI=1S/C15H18N6O6/c1-8-6-21(15(25)18-14(8)24)12-5-9(19-20-16)10(27-12)7-26-13(23)4-3-11(22)17-2/h3-4,6,9-10,12H,5,7H2,1-2H3,(H,17,22)(H,18,24,25)/b4-3+/t9-,10+,12+/m0/s1. The van der Waals surface area contributed by atoms with Crippen molar-refractivity contribution in [2.45, 2.75) is 31.7 Å². The molecule has 0 saturated carbocycles. The van der Waals surface area contributed by atoms with Crippen LogP contribution in [0.4, 0.5) is 0 Å². The number of rotatable bonds is 6. The van der Waals surface area contributed by atoms with E-state index in [9.17, 15) is 19.2 Å². The molecule has 27 heavy (non-hydrogen) atoms. The maximum absolute atomic E-state index is 12.0. The van der Waals surface area contributed by atoms with Crippen molar-refractivity contribution in [2.24, 2.45) is 5.11 Å². The zero-order valence-electron chi connectivity index (χ0n) is 14.6. The van der Waals surface area contributed by atoms with Gasteiger partial charge in [-0.2, -0.15) is 0 Å². The summed E-state index contributed by atoms with van der Waals surface area (Å²) in [4.78, 5) is 51.1. The number of esters is 1. The second-order valence-corrected chi connectivity index (χ2v) is 5.69. The van der Waals surface area contributed by atoms with Crippen LogP contribution in [-0.2, 0) is 19.1 Å². The first-order chi connectivity index (χ1) is 12.8. The molecule has 0 unspecified atom stereocenters. The van der Waals surface area contributed by atoms with Gasteiger partial charge in [-0.1, -0.05) is 5.11 Å². The molecule has 2 rings (SSSR count). The molecule has 12 nitrogen and oxygen atoms in total. The van der Waals surface area contributed by atoms with E-state index in [1.165, 1.54) is 24.7 Å². The van der Waals surface area contributed by atoms with Gasteiger partial charge in [0.25, 0.3) is 5.56 Å².